The summed E-state index contributed by atoms with van der Waals surface area (Å²) in [7, 11) is 0. The Hall–Kier alpha value is -3.18. The largest absolute Gasteiger partial charge is 0.462 e. The number of anilines is 1. The molecule has 0 aliphatic carbocycles. The number of carbonyl (C=O) groups excluding carboxylic acids is 3. The molecule has 0 saturated carbocycles. The van der Waals surface area contributed by atoms with Crippen LogP contribution in [0.3, 0.4) is 0 Å². The topological polar surface area (TPSA) is 109 Å². The minimum atomic E-state index is -0.535. The molecule has 1 amide bonds. The average molecular weight is 397 g/mol. The maximum absolute atomic E-state index is 12.2. The fourth-order valence-corrected chi connectivity index (χ4v) is 3.11. The molecular formula is C20H19N3O4S. The molecule has 1 aromatic heterocycles. The summed E-state index contributed by atoms with van der Waals surface area (Å²) in [6, 6.07) is 10.00. The number of ketones is 1. The van der Waals surface area contributed by atoms with Gasteiger partial charge in [0.15, 0.2) is 5.78 Å². The molecule has 144 valence electrons. The Labute approximate surface area is 167 Å². The van der Waals surface area contributed by atoms with Crippen molar-refractivity contribution < 1.29 is 19.1 Å². The second-order valence-corrected chi connectivity index (χ2v) is 6.74. The Balaban J connectivity index is 2.06. The summed E-state index contributed by atoms with van der Waals surface area (Å²) in [6.45, 7) is 5.04. The van der Waals surface area contributed by atoms with Gasteiger partial charge in [0.2, 0.25) is 5.91 Å². The lowest BCUT2D eigenvalue weighted by Crippen LogP contribution is -2.15. The number of nitrogens with one attached hydrogen (secondary N) is 1. The second kappa shape index (κ2) is 9.67. The molecule has 1 heterocycles. The third kappa shape index (κ3) is 5.41. The maximum atomic E-state index is 12.2. The van der Waals surface area contributed by atoms with Crippen molar-refractivity contribution in [2.45, 2.75) is 25.8 Å². The number of thioether (sulfide) groups is 1. The highest BCUT2D eigenvalue weighted by atomic mass is 32.2. The van der Waals surface area contributed by atoms with Crippen LogP contribution in [0.15, 0.2) is 35.4 Å². The van der Waals surface area contributed by atoms with Gasteiger partial charge in [-0.25, -0.2) is 9.78 Å². The predicted octanol–water partition coefficient (Wildman–Crippen LogP) is 3.37. The fourth-order valence-electron chi connectivity index (χ4n) is 2.31. The highest BCUT2D eigenvalue weighted by molar-refractivity contribution is 8.00. The molecular weight excluding hydrogens is 378 g/mol. The monoisotopic (exact) mass is 397 g/mol. The van der Waals surface area contributed by atoms with E-state index in [2.05, 4.69) is 10.3 Å². The van der Waals surface area contributed by atoms with Crippen molar-refractivity contribution in [1.82, 2.24) is 4.98 Å². The molecule has 1 N–H and O–H groups in total. The number of pyridine rings is 1. The van der Waals surface area contributed by atoms with E-state index in [-0.39, 0.29) is 35.2 Å². The lowest BCUT2D eigenvalue weighted by Gasteiger charge is -2.09. The van der Waals surface area contributed by atoms with Gasteiger partial charge >= 0.3 is 5.97 Å². The minimum absolute atomic E-state index is 0.0360. The third-order valence-corrected chi connectivity index (χ3v) is 4.70. The first-order valence-electron chi connectivity index (χ1n) is 8.48. The third-order valence-electron chi connectivity index (χ3n) is 3.71. The van der Waals surface area contributed by atoms with Crippen LogP contribution in [-0.2, 0) is 9.53 Å². The van der Waals surface area contributed by atoms with E-state index in [4.69, 9.17) is 4.74 Å². The molecule has 2 aromatic rings. The van der Waals surface area contributed by atoms with Crippen molar-refractivity contribution >= 4 is 35.1 Å². The number of Topliss-reactive ketones (excluding diaryl/α,β-unsaturated/α-hetero) is 1. The summed E-state index contributed by atoms with van der Waals surface area (Å²) >= 11 is 1.10. The van der Waals surface area contributed by atoms with Gasteiger partial charge in [-0.3, -0.25) is 9.59 Å². The Kier molecular flexibility index (Phi) is 7.29. The summed E-state index contributed by atoms with van der Waals surface area (Å²) in [6.07, 6.45) is 0. The summed E-state index contributed by atoms with van der Waals surface area (Å²) < 4.78 is 4.96. The van der Waals surface area contributed by atoms with Crippen LogP contribution in [-0.4, -0.2) is 35.0 Å². The van der Waals surface area contributed by atoms with Crippen LogP contribution in [0.25, 0.3) is 0 Å². The number of nitrogens with zero attached hydrogens (tertiary/aromatic N) is 2. The molecule has 0 radical (unpaired) electrons. The molecule has 7 nitrogen and oxygen atoms in total. The van der Waals surface area contributed by atoms with Crippen molar-refractivity contribution in [2.75, 3.05) is 17.7 Å². The first-order chi connectivity index (χ1) is 13.3. The number of aromatic nitrogens is 1. The second-order valence-electron chi connectivity index (χ2n) is 5.78. The van der Waals surface area contributed by atoms with Crippen LogP contribution in [0.1, 0.15) is 45.8 Å². The van der Waals surface area contributed by atoms with E-state index in [1.165, 1.54) is 13.0 Å². The molecule has 28 heavy (non-hydrogen) atoms. The number of hydrogen-bond donors (Lipinski definition) is 1. The zero-order valence-electron chi connectivity index (χ0n) is 15.7. The Morgan fingerprint density at radius 1 is 1.25 bits per heavy atom. The van der Waals surface area contributed by atoms with Crippen LogP contribution in [0.5, 0.6) is 0 Å². The minimum Gasteiger partial charge on any atom is -0.462 e. The van der Waals surface area contributed by atoms with Crippen LogP contribution >= 0.6 is 11.8 Å². The highest BCUT2D eigenvalue weighted by Crippen LogP contribution is 2.23. The lowest BCUT2D eigenvalue weighted by atomic mass is 10.1. The molecule has 0 saturated heterocycles. The van der Waals surface area contributed by atoms with E-state index in [1.54, 1.807) is 38.1 Å². The molecule has 0 fully saturated rings. The zero-order valence-corrected chi connectivity index (χ0v) is 16.6. The Morgan fingerprint density at radius 3 is 2.50 bits per heavy atom. The van der Waals surface area contributed by atoms with E-state index in [0.717, 1.165) is 11.8 Å². The van der Waals surface area contributed by atoms with Gasteiger partial charge in [-0.05, 0) is 51.1 Å². The molecule has 0 aliphatic rings. The van der Waals surface area contributed by atoms with Crippen molar-refractivity contribution in [1.29, 1.82) is 5.26 Å². The van der Waals surface area contributed by atoms with Crippen LogP contribution in [0.4, 0.5) is 5.69 Å². The Bertz CT molecular complexity index is 949. The van der Waals surface area contributed by atoms with E-state index in [0.29, 0.717) is 22.0 Å². The van der Waals surface area contributed by atoms with Gasteiger partial charge in [-0.15, -0.1) is 0 Å². The van der Waals surface area contributed by atoms with Crippen molar-refractivity contribution in [3.63, 3.8) is 0 Å². The summed E-state index contributed by atoms with van der Waals surface area (Å²) in [5.41, 5.74) is 2.00. The van der Waals surface area contributed by atoms with Crippen LogP contribution in [0, 0.1) is 18.3 Å². The molecule has 0 bridgehead atoms. The fraction of sp³-hybridized carbons (Fsp3) is 0.250. The lowest BCUT2D eigenvalue weighted by molar-refractivity contribution is -0.113. The summed E-state index contributed by atoms with van der Waals surface area (Å²) in [4.78, 5) is 39.6. The van der Waals surface area contributed by atoms with E-state index in [1.807, 2.05) is 6.07 Å². The predicted molar refractivity (Wildman–Crippen MR) is 105 cm³/mol. The number of ether oxygens (including phenoxy) is 1. The number of hydrogen-bond acceptors (Lipinski definition) is 7. The zero-order chi connectivity index (χ0) is 20.7. The molecule has 0 atom stereocenters. The molecule has 0 spiro atoms. The number of benzene rings is 1. The molecule has 2 rings (SSSR count). The standard InChI is InChI=1S/C20H19N3O4S/c1-4-27-20(26)17-9-15(10-21)19(22-12(17)2)28-11-18(25)23-16-7-5-14(6-8-16)13(3)24/h5-9H,4,11H2,1-3H3,(H,23,25). The highest BCUT2D eigenvalue weighted by Gasteiger charge is 2.17. The number of nitriles is 1. The van der Waals surface area contributed by atoms with E-state index < -0.39 is 5.97 Å². The smallest absolute Gasteiger partial charge is 0.340 e. The molecule has 1 aromatic carbocycles. The molecule has 8 heteroatoms. The van der Waals surface area contributed by atoms with Crippen LogP contribution in [0.2, 0.25) is 0 Å². The summed E-state index contributed by atoms with van der Waals surface area (Å²) in [5.74, 6) is -0.829. The maximum Gasteiger partial charge on any atom is 0.340 e. The van der Waals surface area contributed by atoms with Gasteiger partial charge < -0.3 is 10.1 Å². The van der Waals surface area contributed by atoms with Gasteiger partial charge in [0, 0.05) is 11.3 Å². The van der Waals surface area contributed by atoms with Crippen molar-refractivity contribution in [3.05, 3.63) is 52.7 Å². The molecule has 0 aliphatic heterocycles. The van der Waals surface area contributed by atoms with E-state index in [9.17, 15) is 19.6 Å². The van der Waals surface area contributed by atoms with E-state index >= 15 is 0 Å². The number of amides is 1. The average Bonchev–Trinajstić information content (AvgIpc) is 2.67. The van der Waals surface area contributed by atoms with Crippen molar-refractivity contribution in [3.8, 4) is 6.07 Å². The quantitative estimate of drug-likeness (QED) is 0.433. The first-order valence-corrected chi connectivity index (χ1v) is 9.46. The number of carbonyl (C=O) groups is 3. The first kappa shape index (κ1) is 21.1. The van der Waals surface area contributed by atoms with Gasteiger partial charge in [-0.1, -0.05) is 11.8 Å². The van der Waals surface area contributed by atoms with Gasteiger partial charge in [0.1, 0.15) is 11.1 Å². The molecule has 0 unspecified atom stereocenters. The number of aryl methyl sites for hydroxylation is 1. The number of rotatable bonds is 7. The Morgan fingerprint density at radius 2 is 1.93 bits per heavy atom. The summed E-state index contributed by atoms with van der Waals surface area (Å²) in [5, 5.41) is 12.4. The number of esters is 1. The normalized spacial score (nSPS) is 10.1. The van der Waals surface area contributed by atoms with Crippen molar-refractivity contribution in [2.24, 2.45) is 0 Å². The van der Waals surface area contributed by atoms with Gasteiger partial charge in [0.05, 0.1) is 29.2 Å². The SMILES string of the molecule is CCOC(=O)c1cc(C#N)c(SCC(=O)Nc2ccc(C(C)=O)cc2)nc1C. The van der Waals surface area contributed by atoms with Crippen LogP contribution < -0.4 is 5.32 Å². The van der Waals surface area contributed by atoms with Gasteiger partial charge in [0.25, 0.3) is 0 Å². The van der Waals surface area contributed by atoms with Gasteiger partial charge in [-0.2, -0.15) is 5.26 Å².